The average molecular weight is 232 g/mol. The molecule has 0 saturated carbocycles. The predicted molar refractivity (Wildman–Crippen MR) is 58.6 cm³/mol. The van der Waals surface area contributed by atoms with Crippen LogP contribution in [0.25, 0.3) is 0 Å². The molecule has 0 radical (unpaired) electrons. The summed E-state index contributed by atoms with van der Waals surface area (Å²) in [6, 6.07) is 4.46. The number of hydrogen-bond donors (Lipinski definition) is 2. The van der Waals surface area contributed by atoms with Gasteiger partial charge in [-0.3, -0.25) is 0 Å². The second-order valence-corrected chi connectivity index (χ2v) is 5.54. The van der Waals surface area contributed by atoms with E-state index in [1.807, 2.05) is 6.92 Å². The quantitative estimate of drug-likeness (QED) is 0.602. The molecule has 0 aliphatic heterocycles. The zero-order valence-corrected chi connectivity index (χ0v) is 9.36. The summed E-state index contributed by atoms with van der Waals surface area (Å²) in [5, 5.41) is 4.99. The summed E-state index contributed by atoms with van der Waals surface area (Å²) in [6.07, 6.45) is 0. The van der Waals surface area contributed by atoms with Crippen molar-refractivity contribution < 1.29 is 8.42 Å². The van der Waals surface area contributed by atoms with Crippen molar-refractivity contribution in [2.24, 2.45) is 5.14 Å². The Labute approximate surface area is 87.7 Å². The molecule has 78 valence electrons. The van der Waals surface area contributed by atoms with Crippen LogP contribution in [-0.2, 0) is 10.0 Å². The van der Waals surface area contributed by atoms with E-state index in [1.165, 1.54) is 23.9 Å². The van der Waals surface area contributed by atoms with Crippen LogP contribution in [-0.4, -0.2) is 14.2 Å². The van der Waals surface area contributed by atoms with Gasteiger partial charge in [0.25, 0.3) is 0 Å². The van der Waals surface area contributed by atoms with E-state index in [1.54, 1.807) is 6.07 Å². The molecule has 0 aliphatic rings. The van der Waals surface area contributed by atoms with E-state index in [-0.39, 0.29) is 4.90 Å². The molecule has 4 nitrogen and oxygen atoms in total. The molecule has 1 aromatic rings. The number of hydrogen-bond acceptors (Lipinski definition) is 4. The summed E-state index contributed by atoms with van der Waals surface area (Å²) < 4.78 is 22.1. The van der Waals surface area contributed by atoms with Gasteiger partial charge >= 0.3 is 0 Å². The van der Waals surface area contributed by atoms with Crippen LogP contribution < -0.4 is 10.9 Å². The minimum absolute atomic E-state index is 0.0997. The van der Waals surface area contributed by atoms with E-state index in [9.17, 15) is 8.42 Å². The third kappa shape index (κ3) is 2.63. The highest BCUT2D eigenvalue weighted by molar-refractivity contribution is 7.99. The number of thioether (sulfide) groups is 1. The second-order valence-electron chi connectivity index (χ2n) is 2.68. The average Bonchev–Trinajstić information content (AvgIpc) is 2.07. The number of primary sulfonamides is 1. The standard InChI is InChI=1S/C8H12N2O2S2/c1-2-13-8-5-6(14(10,11)12)3-4-7(8)9/h3-5H,2,9H2,1H3,(H2,10,11,12). The van der Waals surface area contributed by atoms with Crippen molar-refractivity contribution in [3.05, 3.63) is 18.2 Å². The largest absolute Gasteiger partial charge is 0.398 e. The fraction of sp³-hybridized carbons (Fsp3) is 0.250. The van der Waals surface area contributed by atoms with Crippen molar-refractivity contribution >= 4 is 27.5 Å². The molecule has 0 atom stereocenters. The number of rotatable bonds is 3. The van der Waals surface area contributed by atoms with Crippen LogP contribution in [0.5, 0.6) is 0 Å². The monoisotopic (exact) mass is 232 g/mol. The van der Waals surface area contributed by atoms with Gasteiger partial charge < -0.3 is 5.73 Å². The van der Waals surface area contributed by atoms with E-state index in [2.05, 4.69) is 0 Å². The van der Waals surface area contributed by atoms with Crippen LogP contribution >= 0.6 is 11.8 Å². The molecule has 14 heavy (non-hydrogen) atoms. The normalized spacial score (nSPS) is 11.6. The van der Waals surface area contributed by atoms with Crippen molar-refractivity contribution in [1.82, 2.24) is 0 Å². The van der Waals surface area contributed by atoms with Crippen LogP contribution in [0.2, 0.25) is 0 Å². The van der Waals surface area contributed by atoms with Crippen LogP contribution in [0.15, 0.2) is 28.0 Å². The van der Waals surface area contributed by atoms with E-state index in [0.29, 0.717) is 5.69 Å². The van der Waals surface area contributed by atoms with Crippen LogP contribution in [0, 0.1) is 0 Å². The Morgan fingerprint density at radius 1 is 1.43 bits per heavy atom. The van der Waals surface area contributed by atoms with Crippen LogP contribution in [0.4, 0.5) is 5.69 Å². The molecular weight excluding hydrogens is 220 g/mol. The van der Waals surface area contributed by atoms with Crippen molar-refractivity contribution in [1.29, 1.82) is 0 Å². The maximum absolute atomic E-state index is 11.0. The number of sulfonamides is 1. The molecule has 0 spiro atoms. The second kappa shape index (κ2) is 4.20. The number of nitrogens with two attached hydrogens (primary N) is 2. The lowest BCUT2D eigenvalue weighted by Gasteiger charge is -2.05. The third-order valence-electron chi connectivity index (χ3n) is 1.61. The highest BCUT2D eigenvalue weighted by atomic mass is 32.2. The Bertz CT molecular complexity index is 429. The first-order chi connectivity index (χ1) is 6.45. The SMILES string of the molecule is CCSc1cc(S(N)(=O)=O)ccc1N. The molecular formula is C8H12N2O2S2. The predicted octanol–water partition coefficient (Wildman–Crippen LogP) is 1.03. The zero-order valence-electron chi connectivity index (χ0n) is 7.73. The zero-order chi connectivity index (χ0) is 10.8. The first-order valence-electron chi connectivity index (χ1n) is 4.00. The van der Waals surface area contributed by atoms with E-state index in [0.717, 1.165) is 10.6 Å². The van der Waals surface area contributed by atoms with Crippen molar-refractivity contribution in [2.75, 3.05) is 11.5 Å². The summed E-state index contributed by atoms with van der Waals surface area (Å²) in [5.74, 6) is 0.832. The first kappa shape index (κ1) is 11.4. The van der Waals surface area contributed by atoms with Crippen molar-refractivity contribution in [2.45, 2.75) is 16.7 Å². The summed E-state index contributed by atoms with van der Waals surface area (Å²) >= 11 is 1.49. The minimum atomic E-state index is -3.63. The van der Waals surface area contributed by atoms with Crippen molar-refractivity contribution in [3.8, 4) is 0 Å². The van der Waals surface area contributed by atoms with Gasteiger partial charge in [-0.15, -0.1) is 11.8 Å². The summed E-state index contributed by atoms with van der Waals surface area (Å²) in [5.41, 5.74) is 6.24. The molecule has 1 rings (SSSR count). The molecule has 0 saturated heterocycles. The summed E-state index contributed by atoms with van der Waals surface area (Å²) in [4.78, 5) is 0.849. The van der Waals surface area contributed by atoms with Gasteiger partial charge in [0.15, 0.2) is 0 Å². The maximum atomic E-state index is 11.0. The fourth-order valence-electron chi connectivity index (χ4n) is 0.972. The molecule has 1 aromatic carbocycles. The lowest BCUT2D eigenvalue weighted by molar-refractivity contribution is 0.597. The van der Waals surface area contributed by atoms with Gasteiger partial charge in [0.05, 0.1) is 4.90 Å². The molecule has 0 fully saturated rings. The molecule has 0 aromatic heterocycles. The molecule has 0 aliphatic carbocycles. The Morgan fingerprint density at radius 3 is 2.57 bits per heavy atom. The van der Waals surface area contributed by atoms with E-state index >= 15 is 0 Å². The Hall–Kier alpha value is -0.720. The van der Waals surface area contributed by atoms with Gasteiger partial charge in [0, 0.05) is 10.6 Å². The summed E-state index contributed by atoms with van der Waals surface area (Å²) in [7, 11) is -3.63. The molecule has 0 unspecified atom stereocenters. The molecule has 0 heterocycles. The molecule has 0 amide bonds. The van der Waals surface area contributed by atoms with Gasteiger partial charge in [0.1, 0.15) is 0 Å². The van der Waals surface area contributed by atoms with Gasteiger partial charge in [-0.05, 0) is 24.0 Å². The Balaban J connectivity index is 3.20. The maximum Gasteiger partial charge on any atom is 0.238 e. The van der Waals surface area contributed by atoms with Gasteiger partial charge in [0.2, 0.25) is 10.0 Å². The number of benzene rings is 1. The van der Waals surface area contributed by atoms with Crippen molar-refractivity contribution in [3.63, 3.8) is 0 Å². The van der Waals surface area contributed by atoms with Gasteiger partial charge in [-0.2, -0.15) is 0 Å². The highest BCUT2D eigenvalue weighted by Gasteiger charge is 2.09. The van der Waals surface area contributed by atoms with E-state index in [4.69, 9.17) is 10.9 Å². The topological polar surface area (TPSA) is 86.2 Å². The molecule has 6 heteroatoms. The Morgan fingerprint density at radius 2 is 2.07 bits per heavy atom. The fourth-order valence-corrected chi connectivity index (χ4v) is 2.34. The lowest BCUT2D eigenvalue weighted by Crippen LogP contribution is -2.12. The lowest BCUT2D eigenvalue weighted by atomic mass is 10.3. The number of nitrogen functional groups attached to an aromatic ring is 1. The molecule has 4 N–H and O–H groups in total. The van der Waals surface area contributed by atoms with Gasteiger partial charge in [-0.1, -0.05) is 6.92 Å². The Kier molecular flexibility index (Phi) is 3.41. The molecule has 0 bridgehead atoms. The third-order valence-corrected chi connectivity index (χ3v) is 3.48. The summed E-state index contributed by atoms with van der Waals surface area (Å²) in [6.45, 7) is 1.97. The van der Waals surface area contributed by atoms with Crippen LogP contribution in [0.3, 0.4) is 0 Å². The smallest absolute Gasteiger partial charge is 0.238 e. The number of anilines is 1. The van der Waals surface area contributed by atoms with E-state index < -0.39 is 10.0 Å². The van der Waals surface area contributed by atoms with Crippen LogP contribution in [0.1, 0.15) is 6.92 Å². The highest BCUT2D eigenvalue weighted by Crippen LogP contribution is 2.26. The van der Waals surface area contributed by atoms with Gasteiger partial charge in [-0.25, -0.2) is 13.6 Å². The first-order valence-corrected chi connectivity index (χ1v) is 6.53. The minimum Gasteiger partial charge on any atom is -0.398 e.